The van der Waals surface area contributed by atoms with Gasteiger partial charge in [-0.3, -0.25) is 14.4 Å². The Morgan fingerprint density at radius 2 is 2.08 bits per heavy atom. The summed E-state index contributed by atoms with van der Waals surface area (Å²) in [7, 11) is 1.60. The van der Waals surface area contributed by atoms with Gasteiger partial charge in [0.25, 0.3) is 5.91 Å². The standard InChI is InChI=1S/C28H35N5O4/c1-37-24-9-5-8-21-20(24)14-22(32-21)27(36)33-17-28(10-3-2-4-11-28)15-23(33)26(35)31-19(16-29)13-18-7-6-12-30-25(18)34/h5,8-9,14,18-19,23,32H,2-4,6-7,10-13,15,17H2,1H3,(H,30,34)(H,31,35)/t18?,19-,23?/m1/s1. The van der Waals surface area contributed by atoms with Gasteiger partial charge in [-0.1, -0.05) is 25.3 Å². The SMILES string of the molecule is COc1cccc2[nH]c(C(=O)N3CC4(CCCCC4)CC3C(=O)N[C@@H](C#N)CC3CCCNC3=O)cc12. The molecule has 3 heterocycles. The smallest absolute Gasteiger partial charge is 0.271 e. The molecule has 2 saturated heterocycles. The summed E-state index contributed by atoms with van der Waals surface area (Å²) >= 11 is 0. The highest BCUT2D eigenvalue weighted by Crippen LogP contribution is 2.47. The van der Waals surface area contributed by atoms with E-state index in [0.29, 0.717) is 37.4 Å². The first-order chi connectivity index (χ1) is 17.9. The van der Waals surface area contributed by atoms with Crippen molar-refractivity contribution < 1.29 is 19.1 Å². The number of nitriles is 1. The van der Waals surface area contributed by atoms with E-state index in [-0.39, 0.29) is 35.5 Å². The number of carbonyl (C=O) groups is 3. The molecule has 3 amide bonds. The molecule has 0 bridgehead atoms. The van der Waals surface area contributed by atoms with Gasteiger partial charge in [0.05, 0.1) is 13.2 Å². The first-order valence-electron chi connectivity index (χ1n) is 13.4. The van der Waals surface area contributed by atoms with Crippen LogP contribution in [0.5, 0.6) is 5.75 Å². The maximum absolute atomic E-state index is 13.8. The van der Waals surface area contributed by atoms with E-state index < -0.39 is 12.1 Å². The maximum atomic E-state index is 13.8. The molecule has 1 aliphatic carbocycles. The highest BCUT2D eigenvalue weighted by atomic mass is 16.5. The van der Waals surface area contributed by atoms with Crippen LogP contribution >= 0.6 is 0 Å². The normalized spacial score (nSPS) is 23.9. The van der Waals surface area contributed by atoms with Crippen LogP contribution in [-0.4, -0.2) is 59.9 Å². The van der Waals surface area contributed by atoms with Gasteiger partial charge in [0.1, 0.15) is 23.5 Å². The Morgan fingerprint density at radius 1 is 1.27 bits per heavy atom. The second-order valence-electron chi connectivity index (χ2n) is 10.9. The second-order valence-corrected chi connectivity index (χ2v) is 10.9. The third-order valence-corrected chi connectivity index (χ3v) is 8.45. The molecular formula is C28H35N5O4. The molecule has 2 unspecified atom stereocenters. The zero-order chi connectivity index (χ0) is 26.0. The minimum absolute atomic E-state index is 0.0613. The first-order valence-corrected chi connectivity index (χ1v) is 13.4. The van der Waals surface area contributed by atoms with Crippen LogP contribution in [-0.2, 0) is 9.59 Å². The summed E-state index contributed by atoms with van der Waals surface area (Å²) in [6, 6.07) is 8.13. The summed E-state index contributed by atoms with van der Waals surface area (Å²) in [5, 5.41) is 16.3. The van der Waals surface area contributed by atoms with Gasteiger partial charge in [-0.2, -0.15) is 5.26 Å². The number of nitrogens with one attached hydrogen (secondary N) is 3. The predicted molar refractivity (Wildman–Crippen MR) is 138 cm³/mol. The van der Waals surface area contributed by atoms with Crippen molar-refractivity contribution >= 4 is 28.6 Å². The summed E-state index contributed by atoms with van der Waals surface area (Å²) in [6.45, 7) is 1.18. The molecule has 1 saturated carbocycles. The molecule has 5 rings (SSSR count). The summed E-state index contributed by atoms with van der Waals surface area (Å²) in [6.07, 6.45) is 7.80. The fourth-order valence-electron chi connectivity index (χ4n) is 6.50. The quantitative estimate of drug-likeness (QED) is 0.555. The van der Waals surface area contributed by atoms with Gasteiger partial charge in [0, 0.05) is 29.9 Å². The fraction of sp³-hybridized carbons (Fsp3) is 0.571. The van der Waals surface area contributed by atoms with Crippen molar-refractivity contribution in [3.8, 4) is 11.8 Å². The van der Waals surface area contributed by atoms with Crippen LogP contribution in [0.4, 0.5) is 0 Å². The van der Waals surface area contributed by atoms with E-state index in [1.54, 1.807) is 18.1 Å². The Morgan fingerprint density at radius 3 is 2.81 bits per heavy atom. The van der Waals surface area contributed by atoms with Gasteiger partial charge in [-0.25, -0.2) is 0 Å². The molecule has 3 fully saturated rings. The minimum atomic E-state index is -0.779. The van der Waals surface area contributed by atoms with Crippen molar-refractivity contribution in [2.45, 2.75) is 69.9 Å². The lowest BCUT2D eigenvalue weighted by atomic mass is 9.72. The molecule has 0 radical (unpaired) electrons. The lowest BCUT2D eigenvalue weighted by molar-refractivity contribution is -0.128. The van der Waals surface area contributed by atoms with Gasteiger partial charge >= 0.3 is 0 Å². The highest BCUT2D eigenvalue weighted by Gasteiger charge is 2.49. The fourth-order valence-corrected chi connectivity index (χ4v) is 6.50. The summed E-state index contributed by atoms with van der Waals surface area (Å²) < 4.78 is 5.45. The average Bonchev–Trinajstić information content (AvgIpc) is 3.51. The van der Waals surface area contributed by atoms with Gasteiger partial charge in [-0.15, -0.1) is 0 Å². The van der Waals surface area contributed by atoms with Gasteiger partial charge in [0.15, 0.2) is 0 Å². The summed E-state index contributed by atoms with van der Waals surface area (Å²) in [5.74, 6) is -0.205. The zero-order valence-corrected chi connectivity index (χ0v) is 21.3. The molecular weight excluding hydrogens is 470 g/mol. The van der Waals surface area contributed by atoms with E-state index >= 15 is 0 Å². The van der Waals surface area contributed by atoms with Gasteiger partial charge in [0.2, 0.25) is 11.8 Å². The number of carbonyl (C=O) groups excluding carboxylic acids is 3. The Bertz CT molecular complexity index is 1220. The number of hydrogen-bond donors (Lipinski definition) is 3. The molecule has 3 N–H and O–H groups in total. The first kappa shape index (κ1) is 25.1. The number of likely N-dealkylation sites (tertiary alicyclic amines) is 1. The van der Waals surface area contributed by atoms with Gasteiger partial charge in [-0.05, 0) is 62.1 Å². The van der Waals surface area contributed by atoms with Crippen LogP contribution in [0.15, 0.2) is 24.3 Å². The molecule has 3 atom stereocenters. The Balaban J connectivity index is 1.38. The zero-order valence-electron chi connectivity index (χ0n) is 21.3. The molecule has 2 aliphatic heterocycles. The molecule has 1 aromatic heterocycles. The van der Waals surface area contributed by atoms with E-state index in [1.165, 1.54) is 6.42 Å². The second kappa shape index (κ2) is 10.4. The lowest BCUT2D eigenvalue weighted by Crippen LogP contribution is -2.49. The molecule has 1 spiro atoms. The van der Waals surface area contributed by atoms with Crippen molar-refractivity contribution in [1.29, 1.82) is 5.26 Å². The van der Waals surface area contributed by atoms with E-state index in [9.17, 15) is 19.6 Å². The third kappa shape index (κ3) is 5.02. The molecule has 2 aromatic rings. The molecule has 37 heavy (non-hydrogen) atoms. The van der Waals surface area contributed by atoms with Gasteiger partial charge < -0.3 is 25.3 Å². The highest BCUT2D eigenvalue weighted by molar-refractivity contribution is 6.02. The maximum Gasteiger partial charge on any atom is 0.271 e. The predicted octanol–water partition coefficient (Wildman–Crippen LogP) is 3.27. The molecule has 1 aromatic carbocycles. The summed E-state index contributed by atoms with van der Waals surface area (Å²) in [4.78, 5) is 44.5. The number of ether oxygens (including phenoxy) is 1. The number of fused-ring (bicyclic) bond motifs is 1. The molecule has 9 heteroatoms. The summed E-state index contributed by atoms with van der Waals surface area (Å²) in [5.41, 5.74) is 1.14. The van der Waals surface area contributed by atoms with Crippen LogP contribution in [0.1, 0.15) is 68.3 Å². The van der Waals surface area contributed by atoms with Crippen LogP contribution < -0.4 is 15.4 Å². The number of piperidine rings is 1. The van der Waals surface area contributed by atoms with Crippen LogP contribution in [0, 0.1) is 22.7 Å². The van der Waals surface area contributed by atoms with Crippen molar-refractivity contribution in [3.05, 3.63) is 30.0 Å². The van der Waals surface area contributed by atoms with Crippen molar-refractivity contribution in [2.24, 2.45) is 11.3 Å². The third-order valence-electron chi connectivity index (χ3n) is 8.45. The molecule has 196 valence electrons. The average molecular weight is 506 g/mol. The number of aromatic nitrogens is 1. The van der Waals surface area contributed by atoms with Crippen molar-refractivity contribution in [3.63, 3.8) is 0 Å². The van der Waals surface area contributed by atoms with Crippen molar-refractivity contribution in [2.75, 3.05) is 20.2 Å². The van der Waals surface area contributed by atoms with E-state index in [1.807, 2.05) is 18.2 Å². The molecule has 9 nitrogen and oxygen atoms in total. The Kier molecular flexibility index (Phi) is 7.09. The number of aromatic amines is 1. The van der Waals surface area contributed by atoms with E-state index in [2.05, 4.69) is 21.7 Å². The number of nitrogens with zero attached hydrogens (tertiary/aromatic N) is 2. The van der Waals surface area contributed by atoms with Crippen LogP contribution in [0.2, 0.25) is 0 Å². The number of amides is 3. The number of methoxy groups -OCH3 is 1. The Hall–Kier alpha value is -3.54. The monoisotopic (exact) mass is 505 g/mol. The van der Waals surface area contributed by atoms with Crippen molar-refractivity contribution in [1.82, 2.24) is 20.5 Å². The van der Waals surface area contributed by atoms with E-state index in [4.69, 9.17) is 4.74 Å². The van der Waals surface area contributed by atoms with Crippen LogP contribution in [0.3, 0.4) is 0 Å². The number of rotatable bonds is 6. The number of benzene rings is 1. The van der Waals surface area contributed by atoms with E-state index in [0.717, 1.165) is 43.0 Å². The largest absolute Gasteiger partial charge is 0.496 e. The molecule has 3 aliphatic rings. The Labute approximate surface area is 216 Å². The van der Waals surface area contributed by atoms with Crippen LogP contribution in [0.25, 0.3) is 10.9 Å². The minimum Gasteiger partial charge on any atom is -0.496 e. The lowest BCUT2D eigenvalue weighted by Gasteiger charge is -2.32. The number of hydrogen-bond acceptors (Lipinski definition) is 5. The topological polar surface area (TPSA) is 127 Å². The number of H-pyrrole nitrogens is 1.